The number of methoxy groups -OCH3 is 1. The van der Waals surface area contributed by atoms with Gasteiger partial charge in [-0.3, -0.25) is 4.79 Å². The van der Waals surface area contributed by atoms with E-state index in [1.807, 2.05) is 0 Å². The number of hydrogen-bond donors (Lipinski definition) is 1. The number of rotatable bonds is 4. The Hall–Kier alpha value is -0.940. The van der Waals surface area contributed by atoms with E-state index >= 15 is 0 Å². The Labute approximate surface area is 98.4 Å². The van der Waals surface area contributed by atoms with Crippen LogP contribution in [0.5, 0.6) is 5.75 Å². The SMILES string of the molecule is Br.CNCC(=O)c1cccc(F)c1OC. The van der Waals surface area contributed by atoms with Gasteiger partial charge >= 0.3 is 0 Å². The fourth-order valence-corrected chi connectivity index (χ4v) is 1.19. The standard InChI is InChI=1S/C10H12FNO2.BrH/c1-12-6-9(13)7-4-3-5-8(11)10(7)14-2;/h3-5,12H,6H2,1-2H3;1H. The molecule has 0 saturated heterocycles. The Balaban J connectivity index is 0.00000196. The molecule has 5 heteroatoms. The van der Waals surface area contributed by atoms with E-state index in [2.05, 4.69) is 5.32 Å². The number of carbonyl (C=O) groups is 1. The van der Waals surface area contributed by atoms with Gasteiger partial charge in [-0.2, -0.15) is 0 Å². The molecule has 0 aromatic heterocycles. The smallest absolute Gasteiger partial charge is 0.180 e. The molecule has 0 heterocycles. The lowest BCUT2D eigenvalue weighted by Gasteiger charge is -2.07. The highest BCUT2D eigenvalue weighted by molar-refractivity contribution is 8.93. The van der Waals surface area contributed by atoms with Crippen LogP contribution in [0.15, 0.2) is 18.2 Å². The van der Waals surface area contributed by atoms with Gasteiger partial charge in [0, 0.05) is 0 Å². The summed E-state index contributed by atoms with van der Waals surface area (Å²) in [6.45, 7) is 0.166. The van der Waals surface area contributed by atoms with Gasteiger partial charge in [0.2, 0.25) is 0 Å². The summed E-state index contributed by atoms with van der Waals surface area (Å²) in [5, 5.41) is 2.71. The molecule has 0 amide bonds. The average Bonchev–Trinajstić information content (AvgIpc) is 2.17. The number of benzene rings is 1. The van der Waals surface area contributed by atoms with E-state index in [1.165, 1.54) is 19.2 Å². The van der Waals surface area contributed by atoms with Gasteiger partial charge in [0.15, 0.2) is 17.3 Å². The lowest BCUT2D eigenvalue weighted by Crippen LogP contribution is -2.19. The first-order valence-corrected chi connectivity index (χ1v) is 4.21. The van der Waals surface area contributed by atoms with Crippen LogP contribution in [0.25, 0.3) is 0 Å². The van der Waals surface area contributed by atoms with Crippen molar-refractivity contribution in [2.45, 2.75) is 0 Å². The molecule has 0 saturated carbocycles. The number of carbonyl (C=O) groups excluding carboxylic acids is 1. The van der Waals surface area contributed by atoms with Crippen molar-refractivity contribution in [2.75, 3.05) is 20.7 Å². The molecule has 0 unspecified atom stereocenters. The van der Waals surface area contributed by atoms with E-state index in [4.69, 9.17) is 4.74 Å². The third-order valence-corrected chi connectivity index (χ3v) is 1.81. The zero-order valence-corrected chi connectivity index (χ0v) is 10.3. The second-order valence-corrected chi connectivity index (χ2v) is 2.77. The van der Waals surface area contributed by atoms with E-state index in [0.29, 0.717) is 0 Å². The molecule has 0 bridgehead atoms. The van der Waals surface area contributed by atoms with Gasteiger partial charge in [0.1, 0.15) is 0 Å². The van der Waals surface area contributed by atoms with Crippen LogP contribution in [-0.4, -0.2) is 26.5 Å². The summed E-state index contributed by atoms with van der Waals surface area (Å²) in [6, 6.07) is 4.29. The molecular weight excluding hydrogens is 265 g/mol. The van der Waals surface area contributed by atoms with Crippen LogP contribution in [0.4, 0.5) is 4.39 Å². The highest BCUT2D eigenvalue weighted by Crippen LogP contribution is 2.22. The molecule has 15 heavy (non-hydrogen) atoms. The van der Waals surface area contributed by atoms with Crippen molar-refractivity contribution in [2.24, 2.45) is 0 Å². The van der Waals surface area contributed by atoms with Gasteiger partial charge in [-0.1, -0.05) is 6.07 Å². The monoisotopic (exact) mass is 277 g/mol. The van der Waals surface area contributed by atoms with E-state index in [-0.39, 0.29) is 40.6 Å². The molecule has 1 N–H and O–H groups in total. The third-order valence-electron chi connectivity index (χ3n) is 1.81. The van der Waals surface area contributed by atoms with E-state index < -0.39 is 5.82 Å². The topological polar surface area (TPSA) is 38.3 Å². The third kappa shape index (κ3) is 3.28. The van der Waals surface area contributed by atoms with Crippen LogP contribution in [0.2, 0.25) is 0 Å². The second-order valence-electron chi connectivity index (χ2n) is 2.77. The van der Waals surface area contributed by atoms with Gasteiger partial charge in [0.05, 0.1) is 19.2 Å². The molecule has 0 aliphatic carbocycles. The first kappa shape index (κ1) is 14.1. The molecule has 1 rings (SSSR count). The van der Waals surface area contributed by atoms with Crippen molar-refractivity contribution >= 4 is 22.8 Å². The first-order chi connectivity index (χ1) is 6.70. The highest BCUT2D eigenvalue weighted by Gasteiger charge is 2.14. The number of nitrogens with one attached hydrogen (secondary N) is 1. The predicted octanol–water partition coefficient (Wildman–Crippen LogP) is 1.81. The maximum atomic E-state index is 13.2. The number of hydrogen-bond acceptors (Lipinski definition) is 3. The zero-order chi connectivity index (χ0) is 10.6. The summed E-state index contributed by atoms with van der Waals surface area (Å²) in [4.78, 5) is 11.5. The van der Waals surface area contributed by atoms with Gasteiger partial charge in [0.25, 0.3) is 0 Å². The molecule has 0 atom stereocenters. The molecule has 1 aromatic rings. The summed E-state index contributed by atoms with van der Waals surface area (Å²) < 4.78 is 18.0. The van der Waals surface area contributed by atoms with Gasteiger partial charge < -0.3 is 10.1 Å². The molecule has 0 fully saturated rings. The first-order valence-electron chi connectivity index (χ1n) is 4.21. The van der Waals surface area contributed by atoms with Gasteiger partial charge in [-0.25, -0.2) is 4.39 Å². The Morgan fingerprint density at radius 2 is 2.20 bits per heavy atom. The number of halogens is 2. The van der Waals surface area contributed by atoms with Crippen molar-refractivity contribution in [3.63, 3.8) is 0 Å². The highest BCUT2D eigenvalue weighted by atomic mass is 79.9. The summed E-state index contributed by atoms with van der Waals surface area (Å²) in [5.74, 6) is -0.703. The van der Waals surface area contributed by atoms with Crippen LogP contribution < -0.4 is 10.1 Å². The van der Waals surface area contributed by atoms with Crippen molar-refractivity contribution in [1.82, 2.24) is 5.32 Å². The molecule has 0 aliphatic rings. The van der Waals surface area contributed by atoms with E-state index in [1.54, 1.807) is 13.1 Å². The maximum Gasteiger partial charge on any atom is 0.180 e. The van der Waals surface area contributed by atoms with Crippen LogP contribution in [0.3, 0.4) is 0 Å². The minimum absolute atomic E-state index is 0. The lowest BCUT2D eigenvalue weighted by molar-refractivity contribution is 0.0990. The molecule has 0 spiro atoms. The normalized spacial score (nSPS) is 9.27. The molecule has 0 aliphatic heterocycles. The Bertz CT molecular complexity index is 344. The summed E-state index contributed by atoms with van der Waals surface area (Å²) >= 11 is 0. The van der Waals surface area contributed by atoms with Crippen molar-refractivity contribution in [3.05, 3.63) is 29.6 Å². The lowest BCUT2D eigenvalue weighted by atomic mass is 10.1. The fourth-order valence-electron chi connectivity index (χ4n) is 1.19. The van der Waals surface area contributed by atoms with Crippen LogP contribution >= 0.6 is 17.0 Å². The molecule has 0 radical (unpaired) electrons. The number of ether oxygens (including phenoxy) is 1. The summed E-state index contributed by atoms with van der Waals surface area (Å²) in [5.41, 5.74) is 0.266. The summed E-state index contributed by atoms with van der Waals surface area (Å²) in [7, 11) is 3.00. The number of likely N-dealkylation sites (N-methyl/N-ethyl adjacent to an activating group) is 1. The Morgan fingerprint density at radius 3 is 2.73 bits per heavy atom. The van der Waals surface area contributed by atoms with E-state index in [0.717, 1.165) is 0 Å². The minimum Gasteiger partial charge on any atom is -0.493 e. The van der Waals surface area contributed by atoms with Crippen LogP contribution in [0, 0.1) is 5.82 Å². The molecule has 1 aromatic carbocycles. The van der Waals surface area contributed by atoms with Crippen molar-refractivity contribution in [3.8, 4) is 5.75 Å². The Morgan fingerprint density at radius 1 is 1.53 bits per heavy atom. The van der Waals surface area contributed by atoms with Gasteiger partial charge in [-0.05, 0) is 19.2 Å². The van der Waals surface area contributed by atoms with Crippen molar-refractivity contribution < 1.29 is 13.9 Å². The quantitative estimate of drug-likeness (QED) is 0.854. The van der Waals surface area contributed by atoms with Gasteiger partial charge in [-0.15, -0.1) is 17.0 Å². The summed E-state index contributed by atoms with van der Waals surface area (Å²) in [6.07, 6.45) is 0. The molecular formula is C10H13BrFNO2. The van der Waals surface area contributed by atoms with Crippen molar-refractivity contribution in [1.29, 1.82) is 0 Å². The molecule has 3 nitrogen and oxygen atoms in total. The average molecular weight is 278 g/mol. The van der Waals surface area contributed by atoms with E-state index in [9.17, 15) is 9.18 Å². The zero-order valence-electron chi connectivity index (χ0n) is 8.54. The number of ketones is 1. The maximum absolute atomic E-state index is 13.2. The largest absolute Gasteiger partial charge is 0.493 e. The second kappa shape index (κ2) is 6.53. The predicted molar refractivity (Wildman–Crippen MR) is 61.5 cm³/mol. The number of Topliss-reactive ketones (excluding diaryl/α,β-unsaturated/α-hetero) is 1. The fraction of sp³-hybridized carbons (Fsp3) is 0.300. The van der Waals surface area contributed by atoms with Crippen LogP contribution in [-0.2, 0) is 0 Å². The Kier molecular flexibility index (Phi) is 6.12. The minimum atomic E-state index is -0.519. The van der Waals surface area contributed by atoms with Crippen LogP contribution in [0.1, 0.15) is 10.4 Å². The number of para-hydroxylation sites is 1. The molecule has 84 valence electrons.